The number of aromatic nitrogens is 2. The number of anilines is 1. The van der Waals surface area contributed by atoms with Gasteiger partial charge in [0.15, 0.2) is 0 Å². The Hall–Kier alpha value is -5.95. The Balaban J connectivity index is 1.45. The molecular formula is C44H54N8O5. The van der Waals surface area contributed by atoms with Crippen molar-refractivity contribution in [2.75, 3.05) is 18.4 Å². The monoisotopic (exact) mass is 774 g/mol. The summed E-state index contributed by atoms with van der Waals surface area (Å²) < 4.78 is 0. The Morgan fingerprint density at radius 1 is 0.877 bits per heavy atom. The fourth-order valence-electron chi connectivity index (χ4n) is 7.07. The number of nitrogens with one attached hydrogen (secondary N) is 4. The first-order valence-corrected chi connectivity index (χ1v) is 19.1. The average Bonchev–Trinajstić information content (AvgIpc) is 3.13. The van der Waals surface area contributed by atoms with Crippen LogP contribution >= 0.6 is 0 Å². The van der Waals surface area contributed by atoms with Gasteiger partial charge < -0.3 is 32.7 Å². The van der Waals surface area contributed by atoms with Gasteiger partial charge in [0.1, 0.15) is 17.9 Å². The summed E-state index contributed by atoms with van der Waals surface area (Å²) in [4.78, 5) is 75.3. The lowest BCUT2D eigenvalue weighted by Gasteiger charge is -2.27. The number of hydrogen-bond acceptors (Lipinski definition) is 8. The topological polar surface area (TPSA) is 211 Å². The van der Waals surface area contributed by atoms with E-state index in [0.717, 1.165) is 5.56 Å². The second kappa shape index (κ2) is 17.0. The highest BCUT2D eigenvalue weighted by molar-refractivity contribution is 6.04. The first kappa shape index (κ1) is 42.2. The number of hydrogen-bond donors (Lipinski definition) is 6. The van der Waals surface area contributed by atoms with E-state index >= 15 is 0 Å². The van der Waals surface area contributed by atoms with E-state index in [0.29, 0.717) is 50.7 Å². The molecule has 0 radical (unpaired) electrons. The van der Waals surface area contributed by atoms with Crippen LogP contribution in [-0.2, 0) is 42.8 Å². The number of fused-ring (bicyclic) bond motifs is 5. The van der Waals surface area contributed by atoms with Crippen LogP contribution in [-0.4, -0.2) is 64.7 Å². The first-order valence-electron chi connectivity index (χ1n) is 19.1. The molecule has 13 nitrogen and oxygen atoms in total. The lowest BCUT2D eigenvalue weighted by molar-refractivity contribution is -0.128. The van der Waals surface area contributed by atoms with Crippen molar-refractivity contribution in [3.8, 4) is 11.1 Å². The fourth-order valence-corrected chi connectivity index (χ4v) is 7.07. The van der Waals surface area contributed by atoms with Crippen molar-refractivity contribution in [2.45, 2.75) is 97.6 Å². The van der Waals surface area contributed by atoms with Gasteiger partial charge in [-0.1, -0.05) is 75.4 Å². The summed E-state index contributed by atoms with van der Waals surface area (Å²) in [6.45, 7) is 15.8. The Morgan fingerprint density at radius 2 is 1.53 bits per heavy atom. The zero-order valence-electron chi connectivity index (χ0n) is 34.1. The quantitative estimate of drug-likeness (QED) is 0.146. The van der Waals surface area contributed by atoms with Crippen LogP contribution in [0.4, 0.5) is 5.69 Å². The largest absolute Gasteiger partial charge is 0.368 e. The Morgan fingerprint density at radius 3 is 2.14 bits per heavy atom. The van der Waals surface area contributed by atoms with Gasteiger partial charge >= 0.3 is 0 Å². The molecule has 1 unspecified atom stereocenters. The van der Waals surface area contributed by atoms with E-state index < -0.39 is 41.1 Å². The normalized spacial score (nSPS) is 15.4. The molecular weight excluding hydrogens is 721 g/mol. The van der Waals surface area contributed by atoms with Crippen LogP contribution in [0.3, 0.4) is 0 Å². The number of amides is 5. The molecule has 4 aromatic rings. The Bertz CT molecular complexity index is 2180. The lowest BCUT2D eigenvalue weighted by atomic mass is 9.80. The molecule has 300 valence electrons. The van der Waals surface area contributed by atoms with Gasteiger partial charge in [0, 0.05) is 17.4 Å². The molecule has 5 rings (SSSR count). The van der Waals surface area contributed by atoms with Crippen molar-refractivity contribution in [3.05, 3.63) is 111 Å². The van der Waals surface area contributed by atoms with Gasteiger partial charge in [0.05, 0.1) is 35.6 Å². The molecule has 0 fully saturated rings. The van der Waals surface area contributed by atoms with Crippen LogP contribution in [0.2, 0.25) is 0 Å². The zero-order chi connectivity index (χ0) is 41.8. The molecule has 1 aliphatic rings. The number of carbonyl (C=O) groups excluding carboxylic acids is 5. The van der Waals surface area contributed by atoms with E-state index in [-0.39, 0.29) is 49.2 Å². The van der Waals surface area contributed by atoms with Crippen molar-refractivity contribution in [3.63, 3.8) is 0 Å². The third-order valence-corrected chi connectivity index (χ3v) is 10.4. The van der Waals surface area contributed by atoms with Crippen LogP contribution in [0.1, 0.15) is 96.4 Å². The predicted molar refractivity (Wildman–Crippen MR) is 220 cm³/mol. The van der Waals surface area contributed by atoms with Gasteiger partial charge in [-0.15, -0.1) is 0 Å². The minimum absolute atomic E-state index is 0.00307. The summed E-state index contributed by atoms with van der Waals surface area (Å²) in [6.07, 6.45) is 0.211. The smallest absolute Gasteiger partial charge is 0.255 e. The van der Waals surface area contributed by atoms with E-state index in [1.807, 2.05) is 25.1 Å². The van der Waals surface area contributed by atoms with Crippen LogP contribution < -0.4 is 32.7 Å². The van der Waals surface area contributed by atoms with Gasteiger partial charge in [-0.05, 0) is 92.4 Å². The molecule has 0 aliphatic carbocycles. The second-order valence-electron chi connectivity index (χ2n) is 16.4. The van der Waals surface area contributed by atoms with Gasteiger partial charge in [-0.3, -0.25) is 24.0 Å². The summed E-state index contributed by atoms with van der Waals surface area (Å²) in [5, 5.41) is 11.1. The van der Waals surface area contributed by atoms with Crippen LogP contribution in [0.5, 0.6) is 0 Å². The van der Waals surface area contributed by atoms with Crippen molar-refractivity contribution in [2.24, 2.45) is 11.5 Å². The lowest BCUT2D eigenvalue weighted by Crippen LogP contribution is -2.49. The molecule has 0 saturated heterocycles. The highest BCUT2D eigenvalue weighted by Crippen LogP contribution is 2.35. The first-order chi connectivity index (χ1) is 26.8. The molecule has 4 bridgehead atoms. The maximum Gasteiger partial charge on any atom is 0.255 e. The molecule has 13 heteroatoms. The molecule has 2 atom stereocenters. The summed E-state index contributed by atoms with van der Waals surface area (Å²) >= 11 is 0. The summed E-state index contributed by atoms with van der Waals surface area (Å²) in [6, 6.07) is 17.3. The van der Waals surface area contributed by atoms with Crippen molar-refractivity contribution >= 4 is 35.2 Å². The minimum atomic E-state index is -1.04. The van der Waals surface area contributed by atoms with Gasteiger partial charge in [-0.25, -0.2) is 9.97 Å². The second-order valence-corrected chi connectivity index (χ2v) is 16.4. The number of carbonyl (C=O) groups is 5. The van der Waals surface area contributed by atoms with Gasteiger partial charge in [-0.2, -0.15) is 0 Å². The highest BCUT2D eigenvalue weighted by atomic mass is 16.2. The Kier molecular flexibility index (Phi) is 12.6. The number of primary amides is 1. The van der Waals surface area contributed by atoms with Gasteiger partial charge in [0.2, 0.25) is 23.6 Å². The van der Waals surface area contributed by atoms with Crippen LogP contribution in [0.15, 0.2) is 60.7 Å². The summed E-state index contributed by atoms with van der Waals surface area (Å²) in [5.41, 5.74) is 18.4. The predicted octanol–water partition coefficient (Wildman–Crippen LogP) is 3.96. The number of nitrogens with two attached hydrogens (primary N) is 2. The third-order valence-electron chi connectivity index (χ3n) is 10.4. The number of rotatable bonds is 9. The van der Waals surface area contributed by atoms with E-state index in [1.165, 1.54) is 5.56 Å². The molecule has 0 spiro atoms. The van der Waals surface area contributed by atoms with E-state index in [2.05, 4.69) is 80.2 Å². The van der Waals surface area contributed by atoms with E-state index in [9.17, 15) is 24.0 Å². The van der Waals surface area contributed by atoms with E-state index in [1.54, 1.807) is 32.0 Å². The molecule has 3 aromatic carbocycles. The third kappa shape index (κ3) is 9.90. The van der Waals surface area contributed by atoms with Crippen molar-refractivity contribution < 1.29 is 24.0 Å². The highest BCUT2D eigenvalue weighted by Gasteiger charge is 2.31. The molecule has 57 heavy (non-hydrogen) atoms. The van der Waals surface area contributed by atoms with Gasteiger partial charge in [0.25, 0.3) is 5.91 Å². The maximum absolute atomic E-state index is 14.1. The van der Waals surface area contributed by atoms with Crippen molar-refractivity contribution in [1.29, 1.82) is 0 Å². The SMILES string of the molecule is Cc1cc2cc(c1NC(=O)[C@H](CCN)NC(=O)c1c(C)nc(C(C)(C)c3ccc(C(C)(C)C)cc3)nc1C)-c1cccc(c1)CC(=O)NCC(=O)NC(C(N)=O)C2. The Labute approximate surface area is 334 Å². The molecule has 0 saturated carbocycles. The van der Waals surface area contributed by atoms with E-state index in [4.69, 9.17) is 21.4 Å². The number of benzene rings is 3. The summed E-state index contributed by atoms with van der Waals surface area (Å²) in [5.74, 6) is -2.09. The zero-order valence-corrected chi connectivity index (χ0v) is 34.1. The van der Waals surface area contributed by atoms with Crippen molar-refractivity contribution in [1.82, 2.24) is 25.9 Å². The molecule has 1 aromatic heterocycles. The van der Waals surface area contributed by atoms with Crippen LogP contribution in [0.25, 0.3) is 11.1 Å². The minimum Gasteiger partial charge on any atom is -0.368 e. The maximum atomic E-state index is 14.1. The van der Waals surface area contributed by atoms with Crippen LogP contribution in [0, 0.1) is 20.8 Å². The number of nitrogens with zero attached hydrogens (tertiary/aromatic N) is 2. The molecule has 8 N–H and O–H groups in total. The molecule has 1 aliphatic heterocycles. The fraction of sp³-hybridized carbons (Fsp3) is 0.386. The summed E-state index contributed by atoms with van der Waals surface area (Å²) in [7, 11) is 0. The average molecular weight is 775 g/mol. The number of aryl methyl sites for hydroxylation is 3. The standard InChI is InChI=1S/C44H54N8O5/c1-24-18-28-20-32(29-11-9-10-27(19-29)22-35(53)47-23-36(54)50-34(21-28)39(46)55)38(24)52-40(56)33(16-17-45)51-41(57)37-25(2)48-42(49-26(37)3)44(7,8)31-14-12-30(13-15-31)43(4,5)6/h9-15,18-20,33-34H,16-17,21-23,45H2,1-8H3,(H2,46,55)(H,47,53)(H,50,54)(H,51,57)(H,52,56)/t33-,34?/m0/s1. The molecule has 2 heterocycles. The molecule has 5 amide bonds.